The van der Waals surface area contributed by atoms with Crippen molar-refractivity contribution in [3.05, 3.63) is 24.3 Å². The molecule has 0 spiro atoms. The molecule has 118 valence electrons. The molecule has 0 saturated carbocycles. The number of hydrogen-bond acceptors (Lipinski definition) is 4. The number of hydrogen-bond donors (Lipinski definition) is 1. The minimum absolute atomic E-state index is 0.627. The van der Waals surface area contributed by atoms with Gasteiger partial charge in [-0.15, -0.1) is 0 Å². The highest BCUT2D eigenvalue weighted by Gasteiger charge is 2.19. The van der Waals surface area contributed by atoms with E-state index in [0.717, 1.165) is 31.9 Å². The first-order valence-electron chi connectivity index (χ1n) is 8.05. The van der Waals surface area contributed by atoms with E-state index in [-0.39, 0.29) is 0 Å². The third-order valence-electron chi connectivity index (χ3n) is 4.33. The molecular weight excluding hydrogens is 262 g/mol. The monoisotopic (exact) mass is 291 g/mol. The molecule has 1 N–H and O–H groups in total. The fraction of sp³-hybridized carbons (Fsp3) is 0.647. The maximum absolute atomic E-state index is 5.22. The van der Waals surface area contributed by atoms with Crippen molar-refractivity contribution in [1.82, 2.24) is 10.2 Å². The van der Waals surface area contributed by atoms with Crippen LogP contribution in [0.25, 0.3) is 0 Å². The number of likely N-dealkylation sites (N-methyl/N-ethyl adjacent to an activating group) is 1. The minimum atomic E-state index is 0.627. The second-order valence-electron chi connectivity index (χ2n) is 5.76. The number of piperazine rings is 1. The average molecular weight is 291 g/mol. The summed E-state index contributed by atoms with van der Waals surface area (Å²) >= 11 is 0. The van der Waals surface area contributed by atoms with Crippen molar-refractivity contribution in [2.45, 2.75) is 25.8 Å². The van der Waals surface area contributed by atoms with Crippen LogP contribution in [0.1, 0.15) is 19.8 Å². The van der Waals surface area contributed by atoms with Gasteiger partial charge in [0.15, 0.2) is 0 Å². The van der Waals surface area contributed by atoms with E-state index in [2.05, 4.69) is 41.2 Å². The van der Waals surface area contributed by atoms with Crippen molar-refractivity contribution in [2.75, 3.05) is 51.8 Å². The van der Waals surface area contributed by atoms with Gasteiger partial charge in [-0.05, 0) is 37.7 Å². The molecule has 1 aromatic rings. The average Bonchev–Trinajstić information content (AvgIpc) is 2.55. The van der Waals surface area contributed by atoms with Crippen molar-refractivity contribution < 1.29 is 4.74 Å². The molecule has 1 aliphatic heterocycles. The quantitative estimate of drug-likeness (QED) is 0.833. The van der Waals surface area contributed by atoms with Crippen LogP contribution in [0.5, 0.6) is 5.75 Å². The zero-order valence-electron chi connectivity index (χ0n) is 13.6. The molecule has 1 atom stereocenters. The summed E-state index contributed by atoms with van der Waals surface area (Å²) in [6.07, 6.45) is 2.51. The van der Waals surface area contributed by atoms with Gasteiger partial charge in [0.1, 0.15) is 5.75 Å². The van der Waals surface area contributed by atoms with Crippen molar-refractivity contribution in [3.63, 3.8) is 0 Å². The molecule has 1 aromatic carbocycles. The molecule has 21 heavy (non-hydrogen) atoms. The van der Waals surface area contributed by atoms with Gasteiger partial charge in [0.05, 0.1) is 7.11 Å². The third kappa shape index (κ3) is 4.61. The zero-order valence-corrected chi connectivity index (χ0v) is 13.6. The summed E-state index contributed by atoms with van der Waals surface area (Å²) in [4.78, 5) is 5.04. The summed E-state index contributed by atoms with van der Waals surface area (Å²) in [7, 11) is 3.79. The Balaban J connectivity index is 1.82. The Morgan fingerprint density at radius 3 is 2.33 bits per heavy atom. The fourth-order valence-corrected chi connectivity index (χ4v) is 2.97. The van der Waals surface area contributed by atoms with Crippen molar-refractivity contribution in [2.24, 2.45) is 0 Å². The number of nitrogens with zero attached hydrogens (tertiary/aromatic N) is 2. The van der Waals surface area contributed by atoms with E-state index in [1.807, 2.05) is 12.1 Å². The van der Waals surface area contributed by atoms with Gasteiger partial charge in [0.25, 0.3) is 0 Å². The van der Waals surface area contributed by atoms with Crippen LogP contribution in [-0.2, 0) is 0 Å². The van der Waals surface area contributed by atoms with Gasteiger partial charge in [-0.2, -0.15) is 0 Å². The molecule has 1 unspecified atom stereocenters. The molecule has 0 aliphatic carbocycles. The first-order valence-corrected chi connectivity index (χ1v) is 8.05. The lowest BCUT2D eigenvalue weighted by molar-refractivity contribution is 0.227. The summed E-state index contributed by atoms with van der Waals surface area (Å²) < 4.78 is 5.22. The standard InChI is InChI=1S/C17H29N3O/c1-4-5-15(18-2)14-19-10-12-20(13-11-19)16-6-8-17(21-3)9-7-16/h6-9,15,18H,4-5,10-14H2,1-3H3. The molecule has 1 fully saturated rings. The van der Waals surface area contributed by atoms with Gasteiger partial charge in [-0.25, -0.2) is 0 Å². The van der Waals surface area contributed by atoms with Crippen LogP contribution >= 0.6 is 0 Å². The maximum atomic E-state index is 5.22. The Hall–Kier alpha value is -1.26. The van der Waals surface area contributed by atoms with E-state index in [1.165, 1.54) is 25.1 Å². The largest absolute Gasteiger partial charge is 0.497 e. The molecule has 4 nitrogen and oxygen atoms in total. The molecule has 0 amide bonds. The molecular formula is C17H29N3O. The Kier molecular flexibility index (Phi) is 6.33. The zero-order chi connectivity index (χ0) is 15.1. The summed E-state index contributed by atoms with van der Waals surface area (Å²) in [5.41, 5.74) is 1.30. The van der Waals surface area contributed by atoms with Gasteiger partial charge in [-0.3, -0.25) is 4.90 Å². The molecule has 2 rings (SSSR count). The number of nitrogens with one attached hydrogen (secondary N) is 1. The van der Waals surface area contributed by atoms with Gasteiger partial charge < -0.3 is 15.0 Å². The first kappa shape index (κ1) is 16.1. The summed E-state index contributed by atoms with van der Waals surface area (Å²) in [6, 6.07) is 9.02. The van der Waals surface area contributed by atoms with Crippen LogP contribution in [0.2, 0.25) is 0 Å². The van der Waals surface area contributed by atoms with E-state index in [9.17, 15) is 0 Å². The van der Waals surface area contributed by atoms with Gasteiger partial charge in [0.2, 0.25) is 0 Å². The molecule has 0 radical (unpaired) electrons. The van der Waals surface area contributed by atoms with Crippen molar-refractivity contribution in [3.8, 4) is 5.75 Å². The Morgan fingerprint density at radius 2 is 1.81 bits per heavy atom. The molecule has 1 heterocycles. The number of methoxy groups -OCH3 is 1. The summed E-state index contributed by atoms with van der Waals surface area (Å²) in [5.74, 6) is 0.925. The SMILES string of the molecule is CCCC(CN1CCN(c2ccc(OC)cc2)CC1)NC. The number of anilines is 1. The summed E-state index contributed by atoms with van der Waals surface area (Å²) in [5, 5.41) is 3.44. The van der Waals surface area contributed by atoms with Crippen LogP contribution in [0, 0.1) is 0 Å². The Morgan fingerprint density at radius 1 is 1.14 bits per heavy atom. The highest BCUT2D eigenvalue weighted by molar-refractivity contribution is 5.49. The predicted molar refractivity (Wildman–Crippen MR) is 89.4 cm³/mol. The highest BCUT2D eigenvalue weighted by Crippen LogP contribution is 2.20. The van der Waals surface area contributed by atoms with E-state index in [1.54, 1.807) is 7.11 Å². The smallest absolute Gasteiger partial charge is 0.119 e. The Bertz CT molecular complexity index is 399. The van der Waals surface area contributed by atoms with E-state index >= 15 is 0 Å². The lowest BCUT2D eigenvalue weighted by atomic mass is 10.1. The Labute approximate surface area is 129 Å². The van der Waals surface area contributed by atoms with Crippen LogP contribution < -0.4 is 15.0 Å². The van der Waals surface area contributed by atoms with E-state index < -0.39 is 0 Å². The van der Waals surface area contributed by atoms with Crippen LogP contribution in [0.15, 0.2) is 24.3 Å². The molecule has 0 aromatic heterocycles. The summed E-state index contributed by atoms with van der Waals surface area (Å²) in [6.45, 7) is 7.93. The number of benzene rings is 1. The normalized spacial score (nSPS) is 17.8. The van der Waals surface area contributed by atoms with Gasteiger partial charge in [-0.1, -0.05) is 13.3 Å². The second kappa shape index (κ2) is 8.25. The second-order valence-corrected chi connectivity index (χ2v) is 5.76. The molecule has 1 aliphatic rings. The molecule has 4 heteroatoms. The molecule has 1 saturated heterocycles. The first-order chi connectivity index (χ1) is 10.3. The van der Waals surface area contributed by atoms with Gasteiger partial charge in [0, 0.05) is 44.5 Å². The van der Waals surface area contributed by atoms with Gasteiger partial charge >= 0.3 is 0 Å². The number of rotatable bonds is 7. The predicted octanol–water partition coefficient (Wildman–Crippen LogP) is 2.21. The van der Waals surface area contributed by atoms with Crippen molar-refractivity contribution >= 4 is 5.69 Å². The maximum Gasteiger partial charge on any atom is 0.119 e. The number of ether oxygens (including phenoxy) is 1. The highest BCUT2D eigenvalue weighted by atomic mass is 16.5. The lowest BCUT2D eigenvalue weighted by Crippen LogP contribution is -2.50. The van der Waals surface area contributed by atoms with Crippen LogP contribution in [0.3, 0.4) is 0 Å². The minimum Gasteiger partial charge on any atom is -0.497 e. The fourth-order valence-electron chi connectivity index (χ4n) is 2.97. The van der Waals surface area contributed by atoms with E-state index in [0.29, 0.717) is 6.04 Å². The lowest BCUT2D eigenvalue weighted by Gasteiger charge is -2.37. The van der Waals surface area contributed by atoms with Crippen LogP contribution in [-0.4, -0.2) is 57.8 Å². The van der Waals surface area contributed by atoms with E-state index in [4.69, 9.17) is 4.74 Å². The topological polar surface area (TPSA) is 27.7 Å². The molecule has 0 bridgehead atoms. The third-order valence-corrected chi connectivity index (χ3v) is 4.33. The van der Waals surface area contributed by atoms with Crippen molar-refractivity contribution in [1.29, 1.82) is 0 Å². The van der Waals surface area contributed by atoms with Crippen LogP contribution in [0.4, 0.5) is 5.69 Å².